The van der Waals surface area contributed by atoms with Gasteiger partial charge in [-0.05, 0) is 43.9 Å². The summed E-state index contributed by atoms with van der Waals surface area (Å²) in [7, 11) is 0. The van der Waals surface area contributed by atoms with E-state index < -0.39 is 0 Å². The Morgan fingerprint density at radius 3 is 2.87 bits per heavy atom. The topological polar surface area (TPSA) is 98.7 Å². The Kier molecular flexibility index (Phi) is 4.96. The summed E-state index contributed by atoms with van der Waals surface area (Å²) in [6, 6.07) is 10.0. The number of carbonyl (C=O) groups excluding carboxylic acids is 1. The molecule has 1 aliphatic rings. The van der Waals surface area contributed by atoms with Gasteiger partial charge in [-0.15, -0.1) is 0 Å². The van der Waals surface area contributed by atoms with Gasteiger partial charge in [0.1, 0.15) is 12.0 Å². The number of amides is 1. The van der Waals surface area contributed by atoms with Crippen LogP contribution in [0.4, 0.5) is 0 Å². The molecule has 1 N–H and O–H groups in total. The number of nitrogens with one attached hydrogen (secondary N) is 1. The number of fused-ring (bicyclic) bond motifs is 1. The van der Waals surface area contributed by atoms with Gasteiger partial charge in [-0.1, -0.05) is 17.3 Å². The van der Waals surface area contributed by atoms with Gasteiger partial charge in [0.05, 0.1) is 24.4 Å². The van der Waals surface area contributed by atoms with E-state index in [2.05, 4.69) is 25.5 Å². The summed E-state index contributed by atoms with van der Waals surface area (Å²) in [5.41, 5.74) is 3.26. The lowest BCUT2D eigenvalue weighted by Gasteiger charge is -2.29. The molecule has 152 valence electrons. The molecule has 3 heterocycles. The van der Waals surface area contributed by atoms with Crippen molar-refractivity contribution in [3.8, 4) is 11.3 Å². The molecule has 0 aliphatic heterocycles. The van der Waals surface area contributed by atoms with Gasteiger partial charge in [-0.3, -0.25) is 9.48 Å². The maximum Gasteiger partial charge on any atom is 0.226 e. The van der Waals surface area contributed by atoms with E-state index in [1.165, 1.54) is 0 Å². The zero-order valence-electron chi connectivity index (χ0n) is 16.4. The van der Waals surface area contributed by atoms with Crippen LogP contribution in [-0.4, -0.2) is 36.9 Å². The van der Waals surface area contributed by atoms with Crippen molar-refractivity contribution in [2.45, 2.75) is 44.2 Å². The number of benzene rings is 1. The molecule has 0 unspecified atom stereocenters. The first-order valence-electron chi connectivity index (χ1n) is 10.2. The predicted molar refractivity (Wildman–Crippen MR) is 110 cm³/mol. The molecule has 3 aromatic heterocycles. The van der Waals surface area contributed by atoms with Gasteiger partial charge < -0.3 is 9.84 Å². The molecule has 0 bridgehead atoms. The number of aromatic nitrogens is 5. The summed E-state index contributed by atoms with van der Waals surface area (Å²) in [6.45, 7) is 0. The van der Waals surface area contributed by atoms with Crippen molar-refractivity contribution < 1.29 is 9.32 Å². The van der Waals surface area contributed by atoms with Crippen molar-refractivity contribution in [3.05, 3.63) is 60.9 Å². The van der Waals surface area contributed by atoms with E-state index in [4.69, 9.17) is 4.52 Å². The lowest BCUT2D eigenvalue weighted by Crippen LogP contribution is -2.38. The van der Waals surface area contributed by atoms with Crippen molar-refractivity contribution in [1.29, 1.82) is 0 Å². The van der Waals surface area contributed by atoms with Crippen molar-refractivity contribution in [2.75, 3.05) is 0 Å². The highest BCUT2D eigenvalue weighted by Crippen LogP contribution is 2.29. The van der Waals surface area contributed by atoms with E-state index in [1.807, 2.05) is 47.4 Å². The molecule has 1 aromatic carbocycles. The Morgan fingerprint density at radius 1 is 1.17 bits per heavy atom. The quantitative estimate of drug-likeness (QED) is 0.550. The van der Waals surface area contributed by atoms with E-state index in [-0.39, 0.29) is 18.4 Å². The second-order valence-corrected chi connectivity index (χ2v) is 7.68. The van der Waals surface area contributed by atoms with Gasteiger partial charge >= 0.3 is 0 Å². The number of para-hydroxylation sites is 1. The fourth-order valence-corrected chi connectivity index (χ4v) is 4.11. The van der Waals surface area contributed by atoms with Crippen molar-refractivity contribution in [3.63, 3.8) is 0 Å². The average molecular weight is 402 g/mol. The minimum atomic E-state index is -0.0114. The summed E-state index contributed by atoms with van der Waals surface area (Å²) in [5, 5.41) is 12.6. The molecular formula is C22H22N6O2. The van der Waals surface area contributed by atoms with E-state index >= 15 is 0 Å². The molecule has 0 saturated heterocycles. The van der Waals surface area contributed by atoms with E-state index in [0.717, 1.165) is 42.3 Å². The second kappa shape index (κ2) is 8.06. The van der Waals surface area contributed by atoms with Gasteiger partial charge in [0, 0.05) is 29.4 Å². The highest BCUT2D eigenvalue weighted by molar-refractivity contribution is 5.86. The minimum Gasteiger partial charge on any atom is -0.356 e. The third-order valence-electron chi connectivity index (χ3n) is 5.70. The Morgan fingerprint density at radius 2 is 2.03 bits per heavy atom. The maximum atomic E-state index is 12.5. The first-order chi connectivity index (χ1) is 14.8. The summed E-state index contributed by atoms with van der Waals surface area (Å²) in [4.78, 5) is 20.7. The number of rotatable bonds is 5. The van der Waals surface area contributed by atoms with E-state index in [0.29, 0.717) is 17.3 Å². The minimum absolute atomic E-state index is 0.0114. The third kappa shape index (κ3) is 3.80. The molecule has 8 nitrogen and oxygen atoms in total. The number of hydrogen-bond acceptors (Lipinski definition) is 6. The predicted octanol–water partition coefficient (Wildman–Crippen LogP) is 3.32. The van der Waals surface area contributed by atoms with Crippen LogP contribution in [0, 0.1) is 0 Å². The number of carbonyl (C=O) groups is 1. The fraction of sp³-hybridized carbons (Fsp3) is 0.318. The third-order valence-corrected chi connectivity index (χ3v) is 5.70. The molecule has 0 radical (unpaired) electrons. The Bertz CT molecular complexity index is 1140. The van der Waals surface area contributed by atoms with Crippen LogP contribution in [0.5, 0.6) is 0 Å². The summed E-state index contributed by atoms with van der Waals surface area (Å²) >= 11 is 0. The molecule has 1 amide bonds. The highest BCUT2D eigenvalue weighted by Gasteiger charge is 2.25. The smallest absolute Gasteiger partial charge is 0.226 e. The van der Waals surface area contributed by atoms with Gasteiger partial charge in [0.15, 0.2) is 5.58 Å². The largest absolute Gasteiger partial charge is 0.356 e. The Hall–Kier alpha value is -3.55. The van der Waals surface area contributed by atoms with E-state index in [9.17, 15) is 4.79 Å². The molecule has 30 heavy (non-hydrogen) atoms. The standard InChI is InChI=1S/C22H22N6O2/c29-22(11-20-18-3-1-2-4-21(18)30-27-20)26-16-5-7-17(8-6-16)28-13-15(12-25-28)19-9-10-23-14-24-19/h1-4,9-10,12-14,16-17H,5-8,11H2,(H,26,29). The van der Waals surface area contributed by atoms with Crippen LogP contribution in [-0.2, 0) is 11.2 Å². The van der Waals surface area contributed by atoms with Gasteiger partial charge in [-0.2, -0.15) is 5.10 Å². The molecule has 5 rings (SSSR count). The van der Waals surface area contributed by atoms with Crippen LogP contribution in [0.15, 0.2) is 59.8 Å². The zero-order chi connectivity index (χ0) is 20.3. The molecule has 4 aromatic rings. The molecule has 1 fully saturated rings. The lowest BCUT2D eigenvalue weighted by atomic mass is 9.91. The molecule has 1 saturated carbocycles. The summed E-state index contributed by atoms with van der Waals surface area (Å²) < 4.78 is 7.31. The number of hydrogen-bond donors (Lipinski definition) is 1. The van der Waals surface area contributed by atoms with Crippen molar-refractivity contribution in [2.24, 2.45) is 0 Å². The molecule has 0 spiro atoms. The van der Waals surface area contributed by atoms with Crippen LogP contribution in [0.25, 0.3) is 22.2 Å². The normalized spacial score (nSPS) is 19.1. The summed E-state index contributed by atoms with van der Waals surface area (Å²) in [5.74, 6) is -0.0114. The zero-order valence-corrected chi connectivity index (χ0v) is 16.4. The highest BCUT2D eigenvalue weighted by atomic mass is 16.5. The van der Waals surface area contributed by atoms with Gasteiger partial charge in [0.2, 0.25) is 5.91 Å². The van der Waals surface area contributed by atoms with Crippen molar-refractivity contribution >= 4 is 16.9 Å². The van der Waals surface area contributed by atoms with Crippen molar-refractivity contribution in [1.82, 2.24) is 30.2 Å². The molecule has 8 heteroatoms. The molecular weight excluding hydrogens is 380 g/mol. The average Bonchev–Trinajstić information content (AvgIpc) is 3.43. The van der Waals surface area contributed by atoms with Crippen LogP contribution >= 0.6 is 0 Å². The SMILES string of the molecule is O=C(Cc1noc2ccccc12)NC1CCC(n2cc(-c3ccncn3)cn2)CC1. The van der Waals surface area contributed by atoms with E-state index in [1.54, 1.807) is 12.5 Å². The number of nitrogens with zero attached hydrogens (tertiary/aromatic N) is 5. The van der Waals surface area contributed by atoms with Gasteiger partial charge in [-0.25, -0.2) is 9.97 Å². The first-order valence-corrected chi connectivity index (χ1v) is 10.2. The molecule has 0 atom stereocenters. The Balaban J connectivity index is 1.15. The summed E-state index contributed by atoms with van der Waals surface area (Å²) in [6.07, 6.45) is 11.2. The van der Waals surface area contributed by atoms with Crippen LogP contribution in [0.2, 0.25) is 0 Å². The Labute approximate surface area is 173 Å². The van der Waals surface area contributed by atoms with Crippen LogP contribution in [0.3, 0.4) is 0 Å². The first kappa shape index (κ1) is 18.5. The fourth-order valence-electron chi connectivity index (χ4n) is 4.11. The van der Waals surface area contributed by atoms with Crippen LogP contribution < -0.4 is 5.32 Å². The lowest BCUT2D eigenvalue weighted by molar-refractivity contribution is -0.121. The van der Waals surface area contributed by atoms with Gasteiger partial charge in [0.25, 0.3) is 0 Å². The second-order valence-electron chi connectivity index (χ2n) is 7.68. The maximum absolute atomic E-state index is 12.5. The van der Waals surface area contributed by atoms with Crippen LogP contribution in [0.1, 0.15) is 37.4 Å². The molecule has 1 aliphatic carbocycles. The monoisotopic (exact) mass is 402 g/mol.